The molecule has 106 valence electrons. The minimum atomic E-state index is 0.674. The second-order valence-corrected chi connectivity index (χ2v) is 6.70. The molecule has 0 radical (unpaired) electrons. The third kappa shape index (κ3) is 3.87. The number of hydrogen-bond donors (Lipinski definition) is 1. The maximum atomic E-state index is 6.33. The van der Waals surface area contributed by atoms with Gasteiger partial charge in [0.1, 0.15) is 0 Å². The molecule has 0 amide bonds. The molecule has 0 heterocycles. The summed E-state index contributed by atoms with van der Waals surface area (Å²) in [5, 5.41) is 4.75. The molecular weight excluding hydrogens is 277 g/mol. The Morgan fingerprint density at radius 1 is 1.21 bits per heavy atom. The second kappa shape index (κ2) is 6.97. The van der Waals surface area contributed by atoms with Crippen molar-refractivity contribution in [3.05, 3.63) is 33.8 Å². The second-order valence-electron chi connectivity index (χ2n) is 5.91. The van der Waals surface area contributed by atoms with E-state index in [-0.39, 0.29) is 0 Å². The lowest BCUT2D eigenvalue weighted by atomic mass is 9.72. The lowest BCUT2D eigenvalue weighted by Gasteiger charge is -2.35. The fourth-order valence-corrected chi connectivity index (χ4v) is 3.73. The van der Waals surface area contributed by atoms with Crippen LogP contribution >= 0.6 is 23.2 Å². The molecule has 2 rings (SSSR count). The van der Waals surface area contributed by atoms with Crippen LogP contribution < -0.4 is 5.32 Å². The van der Waals surface area contributed by atoms with Crippen LogP contribution in [-0.4, -0.2) is 13.6 Å². The molecule has 1 aliphatic rings. The van der Waals surface area contributed by atoms with Gasteiger partial charge in [0, 0.05) is 0 Å². The Morgan fingerprint density at radius 2 is 2.00 bits per heavy atom. The Hall–Kier alpha value is -0.240. The molecular formula is C16H23Cl2N. The summed E-state index contributed by atoms with van der Waals surface area (Å²) in [5.74, 6) is 2.31. The van der Waals surface area contributed by atoms with E-state index in [1.54, 1.807) is 0 Å². The molecule has 1 saturated carbocycles. The molecule has 0 aliphatic heterocycles. The third-order valence-corrected chi connectivity index (χ3v) is 5.24. The van der Waals surface area contributed by atoms with Crippen LogP contribution in [0.2, 0.25) is 10.0 Å². The van der Waals surface area contributed by atoms with Gasteiger partial charge in [-0.05, 0) is 62.2 Å². The molecule has 1 nitrogen and oxygen atoms in total. The molecule has 3 heteroatoms. The van der Waals surface area contributed by atoms with Crippen LogP contribution in [0.3, 0.4) is 0 Å². The highest BCUT2D eigenvalue weighted by molar-refractivity contribution is 6.42. The quantitative estimate of drug-likeness (QED) is 0.841. The summed E-state index contributed by atoms with van der Waals surface area (Å²) in [7, 11) is 2.04. The molecule has 0 aromatic heterocycles. The van der Waals surface area contributed by atoms with E-state index in [9.17, 15) is 0 Å². The first-order valence-corrected chi connectivity index (χ1v) is 7.95. The molecule has 19 heavy (non-hydrogen) atoms. The molecule has 0 saturated heterocycles. The summed E-state index contributed by atoms with van der Waals surface area (Å²) in [6.45, 7) is 3.47. The first-order valence-electron chi connectivity index (χ1n) is 7.19. The van der Waals surface area contributed by atoms with Gasteiger partial charge in [0.25, 0.3) is 0 Å². The monoisotopic (exact) mass is 299 g/mol. The number of rotatable bonds is 4. The van der Waals surface area contributed by atoms with Crippen molar-refractivity contribution >= 4 is 23.2 Å². The van der Waals surface area contributed by atoms with Gasteiger partial charge in [-0.2, -0.15) is 0 Å². The van der Waals surface area contributed by atoms with Gasteiger partial charge in [-0.25, -0.2) is 0 Å². The number of hydrogen-bond acceptors (Lipinski definition) is 1. The topological polar surface area (TPSA) is 12.0 Å². The van der Waals surface area contributed by atoms with E-state index < -0.39 is 0 Å². The molecule has 3 atom stereocenters. The number of halogens is 2. The standard InChI is InChI=1S/C16H23Cl2N/c1-11-6-7-13(10-19-2)14(8-11)9-12-4-3-5-15(17)16(12)18/h3-5,11,13-14,19H,6-10H2,1-2H3. The molecule has 1 aliphatic carbocycles. The average Bonchev–Trinajstić information content (AvgIpc) is 2.38. The fraction of sp³-hybridized carbons (Fsp3) is 0.625. The van der Waals surface area contributed by atoms with E-state index in [4.69, 9.17) is 23.2 Å². The van der Waals surface area contributed by atoms with Crippen molar-refractivity contribution < 1.29 is 0 Å². The lowest BCUT2D eigenvalue weighted by Crippen LogP contribution is -2.32. The Balaban J connectivity index is 2.11. The van der Waals surface area contributed by atoms with Crippen LogP contribution in [0.15, 0.2) is 18.2 Å². The van der Waals surface area contributed by atoms with Gasteiger partial charge in [-0.1, -0.05) is 48.7 Å². The van der Waals surface area contributed by atoms with Gasteiger partial charge in [0.2, 0.25) is 0 Å². The van der Waals surface area contributed by atoms with Gasteiger partial charge in [-0.15, -0.1) is 0 Å². The first-order chi connectivity index (χ1) is 9.11. The molecule has 1 aromatic carbocycles. The number of benzene rings is 1. The largest absolute Gasteiger partial charge is 0.319 e. The molecule has 3 unspecified atom stereocenters. The Kier molecular flexibility index (Phi) is 5.56. The minimum absolute atomic E-state index is 0.674. The molecule has 0 bridgehead atoms. The van der Waals surface area contributed by atoms with Crippen molar-refractivity contribution in [3.8, 4) is 0 Å². The summed E-state index contributed by atoms with van der Waals surface area (Å²) in [4.78, 5) is 0. The highest BCUT2D eigenvalue weighted by Gasteiger charge is 2.28. The Morgan fingerprint density at radius 3 is 2.74 bits per heavy atom. The zero-order valence-electron chi connectivity index (χ0n) is 11.8. The van der Waals surface area contributed by atoms with E-state index in [0.717, 1.165) is 29.8 Å². The maximum Gasteiger partial charge on any atom is 0.0624 e. The van der Waals surface area contributed by atoms with E-state index in [1.807, 2.05) is 19.2 Å². The van der Waals surface area contributed by atoms with Gasteiger partial charge in [0.15, 0.2) is 0 Å². The van der Waals surface area contributed by atoms with Gasteiger partial charge < -0.3 is 5.32 Å². The van der Waals surface area contributed by atoms with E-state index in [2.05, 4.69) is 18.3 Å². The average molecular weight is 300 g/mol. The highest BCUT2D eigenvalue weighted by atomic mass is 35.5. The summed E-state index contributed by atoms with van der Waals surface area (Å²) in [6, 6.07) is 5.98. The SMILES string of the molecule is CNCC1CCC(C)CC1Cc1cccc(Cl)c1Cl. The van der Waals surface area contributed by atoms with Crippen molar-refractivity contribution in [1.29, 1.82) is 0 Å². The molecule has 1 N–H and O–H groups in total. The molecule has 0 spiro atoms. The Labute approximate surface area is 126 Å². The smallest absolute Gasteiger partial charge is 0.0624 e. The van der Waals surface area contributed by atoms with Crippen LogP contribution in [0.4, 0.5) is 0 Å². The fourth-order valence-electron chi connectivity index (χ4n) is 3.33. The van der Waals surface area contributed by atoms with Gasteiger partial charge in [0.05, 0.1) is 10.0 Å². The van der Waals surface area contributed by atoms with Crippen LogP contribution in [0.1, 0.15) is 31.7 Å². The van der Waals surface area contributed by atoms with E-state index >= 15 is 0 Å². The van der Waals surface area contributed by atoms with Gasteiger partial charge in [-0.3, -0.25) is 0 Å². The van der Waals surface area contributed by atoms with Gasteiger partial charge >= 0.3 is 0 Å². The van der Waals surface area contributed by atoms with Crippen molar-refractivity contribution in [2.75, 3.05) is 13.6 Å². The van der Waals surface area contributed by atoms with Crippen molar-refractivity contribution in [2.24, 2.45) is 17.8 Å². The normalized spacial score (nSPS) is 27.5. The third-order valence-electron chi connectivity index (χ3n) is 4.38. The highest BCUT2D eigenvalue weighted by Crippen LogP contribution is 2.37. The summed E-state index contributed by atoms with van der Waals surface area (Å²) in [6.07, 6.45) is 5.03. The number of nitrogens with one attached hydrogen (secondary N) is 1. The van der Waals surface area contributed by atoms with Crippen LogP contribution in [0.5, 0.6) is 0 Å². The summed E-state index contributed by atoms with van der Waals surface area (Å²) < 4.78 is 0. The van der Waals surface area contributed by atoms with Crippen LogP contribution in [0, 0.1) is 17.8 Å². The van der Waals surface area contributed by atoms with E-state index in [0.29, 0.717) is 10.9 Å². The molecule has 1 aromatic rings. The van der Waals surface area contributed by atoms with Crippen LogP contribution in [0.25, 0.3) is 0 Å². The summed E-state index contributed by atoms with van der Waals surface area (Å²) >= 11 is 12.4. The lowest BCUT2D eigenvalue weighted by molar-refractivity contribution is 0.186. The van der Waals surface area contributed by atoms with Crippen molar-refractivity contribution in [2.45, 2.75) is 32.6 Å². The first kappa shape index (κ1) is 15.2. The zero-order chi connectivity index (χ0) is 13.8. The van der Waals surface area contributed by atoms with E-state index in [1.165, 1.54) is 24.8 Å². The van der Waals surface area contributed by atoms with Crippen molar-refractivity contribution in [1.82, 2.24) is 5.32 Å². The minimum Gasteiger partial charge on any atom is -0.319 e. The predicted octanol–water partition coefficient (Wildman–Crippen LogP) is 4.81. The Bertz CT molecular complexity index is 419. The maximum absolute atomic E-state index is 6.33. The zero-order valence-corrected chi connectivity index (χ0v) is 13.3. The van der Waals surface area contributed by atoms with Crippen LogP contribution in [-0.2, 0) is 6.42 Å². The predicted molar refractivity (Wildman–Crippen MR) is 84.1 cm³/mol. The summed E-state index contributed by atoms with van der Waals surface area (Å²) in [5.41, 5.74) is 1.20. The van der Waals surface area contributed by atoms with Crippen molar-refractivity contribution in [3.63, 3.8) is 0 Å². The molecule has 1 fully saturated rings.